The van der Waals surface area contributed by atoms with Gasteiger partial charge in [-0.05, 0) is 43.5 Å². The highest BCUT2D eigenvalue weighted by Gasteiger charge is 1.98. The van der Waals surface area contributed by atoms with E-state index < -0.39 is 0 Å². The Morgan fingerprint density at radius 1 is 1.35 bits per heavy atom. The maximum absolute atomic E-state index is 12.6. The SMILES string of the molecule is CNCC(=O)NCCCSc1ccc(F)cc1. The maximum atomic E-state index is 12.6. The molecule has 1 aromatic carbocycles. The fourth-order valence-electron chi connectivity index (χ4n) is 1.24. The summed E-state index contributed by atoms with van der Waals surface area (Å²) in [7, 11) is 1.74. The van der Waals surface area contributed by atoms with Gasteiger partial charge in [-0.3, -0.25) is 4.79 Å². The van der Waals surface area contributed by atoms with Gasteiger partial charge >= 0.3 is 0 Å². The van der Waals surface area contributed by atoms with E-state index in [0.717, 1.165) is 17.1 Å². The third-order valence-electron chi connectivity index (χ3n) is 2.06. The van der Waals surface area contributed by atoms with Crippen LogP contribution in [0.5, 0.6) is 0 Å². The zero-order chi connectivity index (χ0) is 12.5. The molecule has 2 N–H and O–H groups in total. The molecule has 1 rings (SSSR count). The molecule has 0 spiro atoms. The van der Waals surface area contributed by atoms with E-state index in [-0.39, 0.29) is 11.7 Å². The van der Waals surface area contributed by atoms with E-state index in [1.165, 1.54) is 12.1 Å². The highest BCUT2D eigenvalue weighted by atomic mass is 32.2. The monoisotopic (exact) mass is 256 g/mol. The van der Waals surface area contributed by atoms with Crippen molar-refractivity contribution in [3.05, 3.63) is 30.1 Å². The lowest BCUT2D eigenvalue weighted by molar-refractivity contribution is -0.120. The first-order chi connectivity index (χ1) is 8.22. The topological polar surface area (TPSA) is 41.1 Å². The molecular formula is C12H17FN2OS. The Morgan fingerprint density at radius 3 is 2.71 bits per heavy atom. The highest BCUT2D eigenvalue weighted by molar-refractivity contribution is 7.99. The van der Waals surface area contributed by atoms with Crippen LogP contribution in [0, 0.1) is 5.82 Å². The quantitative estimate of drug-likeness (QED) is 0.575. The molecule has 0 aliphatic heterocycles. The summed E-state index contributed by atoms with van der Waals surface area (Å²) < 4.78 is 12.6. The van der Waals surface area contributed by atoms with Crippen LogP contribution in [0.4, 0.5) is 4.39 Å². The number of carbonyl (C=O) groups is 1. The normalized spacial score (nSPS) is 10.2. The van der Waals surface area contributed by atoms with E-state index in [0.29, 0.717) is 13.1 Å². The van der Waals surface area contributed by atoms with Crippen molar-refractivity contribution in [2.24, 2.45) is 0 Å². The van der Waals surface area contributed by atoms with Crippen molar-refractivity contribution < 1.29 is 9.18 Å². The van der Waals surface area contributed by atoms with Crippen molar-refractivity contribution in [2.45, 2.75) is 11.3 Å². The predicted molar refractivity (Wildman–Crippen MR) is 68.7 cm³/mol. The molecule has 0 heterocycles. The molecule has 0 saturated carbocycles. The first-order valence-corrected chi connectivity index (χ1v) is 6.50. The van der Waals surface area contributed by atoms with Crippen LogP contribution in [0.1, 0.15) is 6.42 Å². The van der Waals surface area contributed by atoms with Crippen LogP contribution < -0.4 is 10.6 Å². The van der Waals surface area contributed by atoms with Crippen LogP contribution in [0.3, 0.4) is 0 Å². The molecule has 3 nitrogen and oxygen atoms in total. The van der Waals surface area contributed by atoms with Crippen molar-refractivity contribution in [2.75, 3.05) is 25.9 Å². The molecule has 17 heavy (non-hydrogen) atoms. The first kappa shape index (κ1) is 14.0. The molecule has 0 atom stereocenters. The highest BCUT2D eigenvalue weighted by Crippen LogP contribution is 2.18. The molecule has 0 aliphatic rings. The summed E-state index contributed by atoms with van der Waals surface area (Å²) in [5.74, 6) is 0.707. The van der Waals surface area contributed by atoms with Crippen molar-refractivity contribution in [3.63, 3.8) is 0 Å². The third-order valence-corrected chi connectivity index (χ3v) is 3.16. The van der Waals surface area contributed by atoms with Crippen LogP contribution in [-0.4, -0.2) is 31.8 Å². The largest absolute Gasteiger partial charge is 0.355 e. The van der Waals surface area contributed by atoms with Gasteiger partial charge in [-0.1, -0.05) is 0 Å². The van der Waals surface area contributed by atoms with Gasteiger partial charge in [0.1, 0.15) is 5.82 Å². The van der Waals surface area contributed by atoms with Gasteiger partial charge in [0.2, 0.25) is 5.91 Å². The van der Waals surface area contributed by atoms with Crippen LogP contribution in [0.15, 0.2) is 29.2 Å². The van der Waals surface area contributed by atoms with E-state index in [1.54, 1.807) is 30.9 Å². The lowest BCUT2D eigenvalue weighted by atomic mass is 10.4. The average molecular weight is 256 g/mol. The van der Waals surface area contributed by atoms with Crippen molar-refractivity contribution >= 4 is 17.7 Å². The molecule has 0 bridgehead atoms. The van der Waals surface area contributed by atoms with Crippen LogP contribution in [0.25, 0.3) is 0 Å². The number of rotatable bonds is 7. The van der Waals surface area contributed by atoms with Crippen LogP contribution in [0.2, 0.25) is 0 Å². The molecule has 1 aromatic rings. The zero-order valence-corrected chi connectivity index (χ0v) is 10.6. The molecule has 1 amide bonds. The van der Waals surface area contributed by atoms with Gasteiger partial charge in [0.05, 0.1) is 6.54 Å². The van der Waals surface area contributed by atoms with Gasteiger partial charge in [-0.2, -0.15) is 0 Å². The summed E-state index contributed by atoms with van der Waals surface area (Å²) in [4.78, 5) is 12.1. The van der Waals surface area contributed by atoms with Gasteiger partial charge < -0.3 is 10.6 Å². The molecule has 0 saturated heterocycles. The van der Waals surface area contributed by atoms with Crippen molar-refractivity contribution in [1.82, 2.24) is 10.6 Å². The number of carbonyl (C=O) groups excluding carboxylic acids is 1. The second kappa shape index (κ2) is 8.08. The van der Waals surface area contributed by atoms with Gasteiger partial charge in [-0.25, -0.2) is 4.39 Å². The van der Waals surface area contributed by atoms with Crippen LogP contribution in [-0.2, 0) is 4.79 Å². The molecule has 0 aromatic heterocycles. The smallest absolute Gasteiger partial charge is 0.233 e. The summed E-state index contributed by atoms with van der Waals surface area (Å²) in [6.45, 7) is 1.03. The van der Waals surface area contributed by atoms with E-state index >= 15 is 0 Å². The number of nitrogens with one attached hydrogen (secondary N) is 2. The number of benzene rings is 1. The minimum Gasteiger partial charge on any atom is -0.355 e. The molecule has 5 heteroatoms. The second-order valence-electron chi connectivity index (χ2n) is 3.54. The number of thioether (sulfide) groups is 1. The van der Waals surface area contributed by atoms with Gasteiger partial charge in [0.25, 0.3) is 0 Å². The molecular weight excluding hydrogens is 239 g/mol. The fourth-order valence-corrected chi connectivity index (χ4v) is 2.10. The number of amides is 1. The molecule has 0 radical (unpaired) electrons. The molecule has 0 unspecified atom stereocenters. The molecule has 0 aliphatic carbocycles. The Balaban J connectivity index is 2.08. The molecule has 0 fully saturated rings. The second-order valence-corrected chi connectivity index (χ2v) is 4.70. The lowest BCUT2D eigenvalue weighted by Crippen LogP contribution is -2.32. The van der Waals surface area contributed by atoms with Crippen molar-refractivity contribution in [3.8, 4) is 0 Å². The van der Waals surface area contributed by atoms with Gasteiger partial charge in [0, 0.05) is 11.4 Å². The Hall–Kier alpha value is -1.07. The van der Waals surface area contributed by atoms with E-state index in [9.17, 15) is 9.18 Å². The minimum atomic E-state index is -0.214. The Labute approximate surface area is 105 Å². The van der Waals surface area contributed by atoms with E-state index in [2.05, 4.69) is 10.6 Å². The predicted octanol–water partition coefficient (Wildman–Crippen LogP) is 1.64. The maximum Gasteiger partial charge on any atom is 0.233 e. The molecule has 94 valence electrons. The summed E-state index contributed by atoms with van der Waals surface area (Å²) in [5, 5.41) is 5.59. The summed E-state index contributed by atoms with van der Waals surface area (Å²) in [5.41, 5.74) is 0. The lowest BCUT2D eigenvalue weighted by Gasteiger charge is -2.04. The first-order valence-electron chi connectivity index (χ1n) is 5.52. The number of hydrogen-bond donors (Lipinski definition) is 2. The van der Waals surface area contributed by atoms with Gasteiger partial charge in [-0.15, -0.1) is 11.8 Å². The summed E-state index contributed by atoms with van der Waals surface area (Å²) >= 11 is 1.66. The standard InChI is InChI=1S/C12H17FN2OS/c1-14-9-12(16)15-7-2-8-17-11-5-3-10(13)4-6-11/h3-6,14H,2,7-9H2,1H3,(H,15,16). The van der Waals surface area contributed by atoms with Crippen LogP contribution >= 0.6 is 11.8 Å². The summed E-state index contributed by atoms with van der Waals surface area (Å²) in [6, 6.07) is 6.44. The third kappa shape index (κ3) is 6.28. The Morgan fingerprint density at radius 2 is 2.06 bits per heavy atom. The van der Waals surface area contributed by atoms with E-state index in [1.807, 2.05) is 0 Å². The fraction of sp³-hybridized carbons (Fsp3) is 0.417. The number of likely N-dealkylation sites (N-methyl/N-ethyl adjacent to an activating group) is 1. The number of hydrogen-bond acceptors (Lipinski definition) is 3. The average Bonchev–Trinajstić information content (AvgIpc) is 2.31. The Kier molecular flexibility index (Phi) is 6.65. The van der Waals surface area contributed by atoms with Crippen molar-refractivity contribution in [1.29, 1.82) is 0 Å². The van der Waals surface area contributed by atoms with E-state index in [4.69, 9.17) is 0 Å². The number of halogens is 1. The zero-order valence-electron chi connectivity index (χ0n) is 9.83. The minimum absolute atomic E-state index is 0.0132. The summed E-state index contributed by atoms with van der Waals surface area (Å²) in [6.07, 6.45) is 0.900. The van der Waals surface area contributed by atoms with Gasteiger partial charge in [0.15, 0.2) is 0 Å². The Bertz CT molecular complexity index is 343.